The maximum absolute atomic E-state index is 10.6. The van der Waals surface area contributed by atoms with Gasteiger partial charge < -0.3 is 10.4 Å². The third-order valence-corrected chi connectivity index (χ3v) is 1.56. The second-order valence-electron chi connectivity index (χ2n) is 2.20. The number of aromatic nitrogens is 1. The number of hydrogen-bond acceptors (Lipinski definition) is 3. The zero-order valence-electron chi connectivity index (χ0n) is 6.34. The van der Waals surface area contributed by atoms with Crippen molar-refractivity contribution in [3.05, 3.63) is 16.7 Å². The molecule has 64 valence electrons. The van der Waals surface area contributed by atoms with Crippen LogP contribution in [0.15, 0.2) is 16.7 Å². The number of nitrogens with zero attached hydrogens (tertiary/aromatic N) is 1. The van der Waals surface area contributed by atoms with E-state index in [0.717, 1.165) is 0 Å². The first-order chi connectivity index (χ1) is 5.59. The monoisotopic (exact) mass is 230 g/mol. The average Bonchev–Trinajstić information content (AvgIpc) is 1.94. The number of carbonyl (C=O) groups is 1. The van der Waals surface area contributed by atoms with Crippen molar-refractivity contribution in [2.45, 2.75) is 6.92 Å². The van der Waals surface area contributed by atoms with Crippen molar-refractivity contribution in [3.8, 4) is 5.75 Å². The van der Waals surface area contributed by atoms with E-state index in [-0.39, 0.29) is 17.5 Å². The van der Waals surface area contributed by atoms with Crippen LogP contribution in [0.3, 0.4) is 0 Å². The molecule has 12 heavy (non-hydrogen) atoms. The molecule has 0 unspecified atom stereocenters. The molecular formula is C7H7BrN2O2. The number of pyridine rings is 1. The van der Waals surface area contributed by atoms with Crippen LogP contribution >= 0.6 is 15.9 Å². The van der Waals surface area contributed by atoms with Crippen molar-refractivity contribution in [2.75, 3.05) is 5.32 Å². The second-order valence-corrected chi connectivity index (χ2v) is 3.12. The highest BCUT2D eigenvalue weighted by Gasteiger charge is 2.03. The molecule has 0 radical (unpaired) electrons. The summed E-state index contributed by atoms with van der Waals surface area (Å²) in [7, 11) is 0. The van der Waals surface area contributed by atoms with Gasteiger partial charge in [-0.15, -0.1) is 0 Å². The standard InChI is InChI=1S/C7H7BrN2O2/c1-4(11)10-7-6(12)2-5(8)3-9-7/h2-3,12H,1H3,(H,9,10,11). The Morgan fingerprint density at radius 2 is 2.42 bits per heavy atom. The van der Waals surface area contributed by atoms with Gasteiger partial charge in [-0.3, -0.25) is 4.79 Å². The summed E-state index contributed by atoms with van der Waals surface area (Å²) >= 11 is 3.13. The average molecular weight is 231 g/mol. The fraction of sp³-hybridized carbons (Fsp3) is 0.143. The van der Waals surface area contributed by atoms with Gasteiger partial charge in [-0.25, -0.2) is 4.98 Å². The van der Waals surface area contributed by atoms with Crippen LogP contribution in [0.2, 0.25) is 0 Å². The molecule has 1 aromatic heterocycles. The van der Waals surface area contributed by atoms with E-state index in [1.54, 1.807) is 0 Å². The van der Waals surface area contributed by atoms with Gasteiger partial charge in [-0.1, -0.05) is 0 Å². The molecule has 2 N–H and O–H groups in total. The van der Waals surface area contributed by atoms with Crippen molar-refractivity contribution in [2.24, 2.45) is 0 Å². The summed E-state index contributed by atoms with van der Waals surface area (Å²) in [4.78, 5) is 14.4. The molecule has 0 aliphatic carbocycles. The number of carbonyl (C=O) groups excluding carboxylic acids is 1. The predicted octanol–water partition coefficient (Wildman–Crippen LogP) is 1.51. The molecule has 0 saturated carbocycles. The van der Waals surface area contributed by atoms with Crippen LogP contribution < -0.4 is 5.32 Å². The normalized spacial score (nSPS) is 9.50. The van der Waals surface area contributed by atoms with Gasteiger partial charge in [0, 0.05) is 17.6 Å². The van der Waals surface area contributed by atoms with Crippen molar-refractivity contribution in [3.63, 3.8) is 0 Å². The minimum absolute atomic E-state index is 0.0559. The third-order valence-electron chi connectivity index (χ3n) is 1.13. The zero-order chi connectivity index (χ0) is 9.14. The number of hydrogen-bond donors (Lipinski definition) is 2. The molecule has 0 aliphatic rings. The maximum atomic E-state index is 10.6. The molecule has 0 saturated heterocycles. The highest BCUT2D eigenvalue weighted by Crippen LogP contribution is 2.23. The van der Waals surface area contributed by atoms with Crippen molar-refractivity contribution in [1.29, 1.82) is 0 Å². The lowest BCUT2D eigenvalue weighted by atomic mass is 10.4. The van der Waals surface area contributed by atoms with Gasteiger partial charge in [-0.2, -0.15) is 0 Å². The first-order valence-corrected chi connectivity index (χ1v) is 4.01. The van der Waals surface area contributed by atoms with Gasteiger partial charge in [-0.05, 0) is 22.0 Å². The first kappa shape index (κ1) is 8.99. The molecule has 0 atom stereocenters. The molecule has 0 aromatic carbocycles. The molecule has 1 rings (SSSR count). The number of anilines is 1. The molecule has 0 spiro atoms. The lowest BCUT2D eigenvalue weighted by Gasteiger charge is -2.02. The van der Waals surface area contributed by atoms with Crippen LogP contribution in [0.4, 0.5) is 5.82 Å². The lowest BCUT2D eigenvalue weighted by Crippen LogP contribution is -2.07. The van der Waals surface area contributed by atoms with Gasteiger partial charge in [0.15, 0.2) is 11.6 Å². The quantitative estimate of drug-likeness (QED) is 0.769. The molecule has 1 aromatic rings. The van der Waals surface area contributed by atoms with Crippen LogP contribution in [0.25, 0.3) is 0 Å². The SMILES string of the molecule is CC(=O)Nc1ncc(Br)cc1O. The highest BCUT2D eigenvalue weighted by atomic mass is 79.9. The van der Waals surface area contributed by atoms with Crippen LogP contribution in [0, 0.1) is 0 Å². The van der Waals surface area contributed by atoms with E-state index in [1.165, 1.54) is 19.2 Å². The molecule has 0 aliphatic heterocycles. The molecule has 1 heterocycles. The van der Waals surface area contributed by atoms with Crippen LogP contribution in [-0.2, 0) is 4.79 Å². The van der Waals surface area contributed by atoms with Crippen molar-refractivity contribution >= 4 is 27.7 Å². The second kappa shape index (κ2) is 3.53. The van der Waals surface area contributed by atoms with Crippen LogP contribution in [0.1, 0.15) is 6.92 Å². The van der Waals surface area contributed by atoms with Crippen LogP contribution in [-0.4, -0.2) is 16.0 Å². The lowest BCUT2D eigenvalue weighted by molar-refractivity contribution is -0.114. The number of nitrogens with one attached hydrogen (secondary N) is 1. The zero-order valence-corrected chi connectivity index (χ0v) is 7.92. The van der Waals surface area contributed by atoms with Crippen molar-refractivity contribution in [1.82, 2.24) is 4.98 Å². The smallest absolute Gasteiger partial charge is 0.222 e. The van der Waals surface area contributed by atoms with E-state index >= 15 is 0 Å². The Balaban J connectivity index is 2.93. The third kappa shape index (κ3) is 2.20. The molecule has 1 amide bonds. The van der Waals surface area contributed by atoms with E-state index in [0.29, 0.717) is 4.47 Å². The molecule has 0 fully saturated rings. The summed E-state index contributed by atoms with van der Waals surface area (Å²) in [5, 5.41) is 11.6. The Hall–Kier alpha value is -1.10. The highest BCUT2D eigenvalue weighted by molar-refractivity contribution is 9.10. The minimum atomic E-state index is -0.264. The Morgan fingerprint density at radius 3 is 2.92 bits per heavy atom. The molecule has 5 heteroatoms. The summed E-state index contributed by atoms with van der Waals surface area (Å²) in [5.74, 6) is -0.148. The van der Waals surface area contributed by atoms with E-state index in [2.05, 4.69) is 26.2 Å². The van der Waals surface area contributed by atoms with E-state index in [4.69, 9.17) is 0 Å². The largest absolute Gasteiger partial charge is 0.504 e. The summed E-state index contributed by atoms with van der Waals surface area (Å²) < 4.78 is 0.661. The summed E-state index contributed by atoms with van der Waals surface area (Å²) in [6.45, 7) is 1.35. The van der Waals surface area contributed by atoms with Crippen LogP contribution in [0.5, 0.6) is 5.75 Å². The Kier molecular flexibility index (Phi) is 2.65. The fourth-order valence-electron chi connectivity index (χ4n) is 0.692. The Bertz CT molecular complexity index is 314. The Labute approximate surface area is 77.8 Å². The first-order valence-electron chi connectivity index (χ1n) is 3.21. The van der Waals surface area contributed by atoms with E-state index < -0.39 is 0 Å². The van der Waals surface area contributed by atoms with Crippen molar-refractivity contribution < 1.29 is 9.90 Å². The van der Waals surface area contributed by atoms with E-state index in [9.17, 15) is 9.90 Å². The summed E-state index contributed by atoms with van der Waals surface area (Å²) in [6, 6.07) is 1.46. The number of halogens is 1. The molecular weight excluding hydrogens is 224 g/mol. The minimum Gasteiger partial charge on any atom is -0.504 e. The van der Waals surface area contributed by atoms with Gasteiger partial charge in [0.05, 0.1) is 0 Å². The van der Waals surface area contributed by atoms with Gasteiger partial charge in [0.25, 0.3) is 0 Å². The number of amides is 1. The van der Waals surface area contributed by atoms with Gasteiger partial charge in [0.1, 0.15) is 0 Å². The van der Waals surface area contributed by atoms with E-state index in [1.807, 2.05) is 0 Å². The topological polar surface area (TPSA) is 62.2 Å². The van der Waals surface area contributed by atoms with Gasteiger partial charge in [0.2, 0.25) is 5.91 Å². The Morgan fingerprint density at radius 1 is 1.75 bits per heavy atom. The fourth-order valence-corrected chi connectivity index (χ4v) is 1.01. The summed E-state index contributed by atoms with van der Waals surface area (Å²) in [6.07, 6.45) is 1.49. The number of rotatable bonds is 1. The maximum Gasteiger partial charge on any atom is 0.222 e. The molecule has 0 bridgehead atoms. The predicted molar refractivity (Wildman–Crippen MR) is 47.9 cm³/mol. The number of aromatic hydroxyl groups is 1. The summed E-state index contributed by atoms with van der Waals surface area (Å²) in [5.41, 5.74) is 0. The van der Waals surface area contributed by atoms with Gasteiger partial charge >= 0.3 is 0 Å². The molecule has 4 nitrogen and oxygen atoms in total.